The van der Waals surface area contributed by atoms with Crippen LogP contribution < -0.4 is 9.04 Å². The van der Waals surface area contributed by atoms with Crippen molar-refractivity contribution in [3.8, 4) is 5.75 Å². The van der Waals surface area contributed by atoms with Gasteiger partial charge in [-0.3, -0.25) is 14.2 Å². The number of benzene rings is 1. The monoisotopic (exact) mass is 387 g/mol. The second-order valence-corrected chi connectivity index (χ2v) is 9.45. The molecule has 2 aliphatic rings. The van der Waals surface area contributed by atoms with Crippen LogP contribution in [0.4, 0.5) is 5.69 Å². The summed E-state index contributed by atoms with van der Waals surface area (Å²) in [6.07, 6.45) is 4.88. The topological polar surface area (TPSA) is 62.7 Å². The minimum atomic E-state index is -3.29. The lowest BCUT2D eigenvalue weighted by Crippen LogP contribution is -2.45. The van der Waals surface area contributed by atoms with Gasteiger partial charge in [-0.05, 0) is 55.8 Å². The first kappa shape index (κ1) is 18.3. The lowest BCUT2D eigenvalue weighted by atomic mass is 9.77. The van der Waals surface area contributed by atoms with Crippen molar-refractivity contribution in [1.82, 2.24) is 9.88 Å². The third-order valence-electron chi connectivity index (χ3n) is 5.78. The van der Waals surface area contributed by atoms with Gasteiger partial charge in [0.15, 0.2) is 0 Å². The Kier molecular flexibility index (Phi) is 4.60. The van der Waals surface area contributed by atoms with Crippen molar-refractivity contribution in [2.75, 3.05) is 37.3 Å². The van der Waals surface area contributed by atoms with E-state index in [1.807, 2.05) is 24.3 Å². The normalized spacial score (nSPS) is 19.3. The molecule has 1 aromatic carbocycles. The molecule has 1 saturated heterocycles. The number of ether oxygens (including phenoxy) is 1. The molecule has 0 unspecified atom stereocenters. The largest absolute Gasteiger partial charge is 0.497 e. The molecule has 0 radical (unpaired) electrons. The molecule has 4 rings (SSSR count). The molecule has 0 bridgehead atoms. The highest BCUT2D eigenvalue weighted by atomic mass is 32.2. The Morgan fingerprint density at radius 1 is 1.15 bits per heavy atom. The van der Waals surface area contributed by atoms with E-state index in [0.29, 0.717) is 6.54 Å². The molecule has 6 nitrogen and oxygen atoms in total. The SMILES string of the molecule is COc1ccc(CN2CCC3(CC2)CN(S(C)(=O)=O)c2cccnc23)cc1. The maximum atomic E-state index is 12.3. The quantitative estimate of drug-likeness (QED) is 0.806. The predicted octanol–water partition coefficient (Wildman–Crippen LogP) is 2.40. The summed E-state index contributed by atoms with van der Waals surface area (Å²) in [6, 6.07) is 11.9. The van der Waals surface area contributed by atoms with E-state index in [1.54, 1.807) is 13.3 Å². The summed E-state index contributed by atoms with van der Waals surface area (Å²) in [4.78, 5) is 7.02. The van der Waals surface area contributed by atoms with Crippen LogP contribution in [0.25, 0.3) is 0 Å². The summed E-state index contributed by atoms with van der Waals surface area (Å²) in [7, 11) is -1.62. The van der Waals surface area contributed by atoms with E-state index in [-0.39, 0.29) is 5.41 Å². The summed E-state index contributed by atoms with van der Waals surface area (Å²) in [5, 5.41) is 0. The van der Waals surface area contributed by atoms with E-state index in [2.05, 4.69) is 22.0 Å². The number of fused-ring (bicyclic) bond motifs is 2. The predicted molar refractivity (Wildman–Crippen MR) is 106 cm³/mol. The molecule has 7 heteroatoms. The smallest absolute Gasteiger partial charge is 0.232 e. The highest BCUT2D eigenvalue weighted by Gasteiger charge is 2.48. The molecule has 0 N–H and O–H groups in total. The Bertz CT molecular complexity index is 920. The number of anilines is 1. The number of sulfonamides is 1. The summed E-state index contributed by atoms with van der Waals surface area (Å²) in [5.41, 5.74) is 2.79. The number of pyridine rings is 1. The van der Waals surface area contributed by atoms with Crippen molar-refractivity contribution in [1.29, 1.82) is 0 Å². The third-order valence-corrected chi connectivity index (χ3v) is 6.91. The van der Waals surface area contributed by atoms with E-state index in [4.69, 9.17) is 4.74 Å². The van der Waals surface area contributed by atoms with Crippen molar-refractivity contribution < 1.29 is 13.2 Å². The van der Waals surface area contributed by atoms with Crippen LogP contribution in [-0.4, -0.2) is 51.3 Å². The van der Waals surface area contributed by atoms with Crippen LogP contribution in [0.2, 0.25) is 0 Å². The summed E-state index contributed by atoms with van der Waals surface area (Å²) < 4.78 is 31.3. The van der Waals surface area contributed by atoms with E-state index in [9.17, 15) is 8.42 Å². The molecule has 2 aliphatic heterocycles. The van der Waals surface area contributed by atoms with Crippen LogP contribution in [0.3, 0.4) is 0 Å². The van der Waals surface area contributed by atoms with Gasteiger partial charge in [0.25, 0.3) is 0 Å². The molecule has 0 saturated carbocycles. The number of hydrogen-bond acceptors (Lipinski definition) is 5. The van der Waals surface area contributed by atoms with E-state index in [1.165, 1.54) is 16.1 Å². The number of nitrogens with zero attached hydrogens (tertiary/aromatic N) is 3. The number of piperidine rings is 1. The van der Waals surface area contributed by atoms with Crippen LogP contribution in [-0.2, 0) is 22.0 Å². The van der Waals surface area contributed by atoms with Crippen LogP contribution in [0.1, 0.15) is 24.1 Å². The fourth-order valence-electron chi connectivity index (χ4n) is 4.26. The molecule has 27 heavy (non-hydrogen) atoms. The van der Waals surface area contributed by atoms with Gasteiger partial charge in [-0.2, -0.15) is 0 Å². The number of methoxy groups -OCH3 is 1. The molecule has 0 amide bonds. The molecule has 1 aromatic heterocycles. The number of aromatic nitrogens is 1. The van der Waals surface area contributed by atoms with Crippen LogP contribution >= 0.6 is 0 Å². The molecule has 0 atom stereocenters. The second kappa shape index (κ2) is 6.80. The van der Waals surface area contributed by atoms with E-state index >= 15 is 0 Å². The fraction of sp³-hybridized carbons (Fsp3) is 0.450. The van der Waals surface area contributed by atoms with E-state index < -0.39 is 10.0 Å². The molecule has 144 valence electrons. The van der Waals surface area contributed by atoms with Crippen LogP contribution in [0.5, 0.6) is 5.75 Å². The molecule has 3 heterocycles. The molecule has 0 aliphatic carbocycles. The van der Waals surface area contributed by atoms with Gasteiger partial charge >= 0.3 is 0 Å². The highest BCUT2D eigenvalue weighted by Crippen LogP contribution is 2.46. The first-order chi connectivity index (χ1) is 12.9. The zero-order valence-corrected chi connectivity index (χ0v) is 16.6. The van der Waals surface area contributed by atoms with Gasteiger partial charge in [-0.1, -0.05) is 12.1 Å². The molecule has 1 spiro atoms. The van der Waals surface area contributed by atoms with Gasteiger partial charge in [0.1, 0.15) is 5.75 Å². The van der Waals surface area contributed by atoms with Crippen molar-refractivity contribution in [3.63, 3.8) is 0 Å². The average Bonchev–Trinajstić information content (AvgIpc) is 2.99. The van der Waals surface area contributed by atoms with Gasteiger partial charge in [0.2, 0.25) is 10.0 Å². The highest BCUT2D eigenvalue weighted by molar-refractivity contribution is 7.92. The van der Waals surface area contributed by atoms with Crippen molar-refractivity contribution >= 4 is 15.7 Å². The summed E-state index contributed by atoms with van der Waals surface area (Å²) in [6.45, 7) is 3.26. The maximum absolute atomic E-state index is 12.3. The van der Waals surface area contributed by atoms with Gasteiger partial charge in [0, 0.05) is 24.7 Å². The Morgan fingerprint density at radius 3 is 2.48 bits per heavy atom. The molecular formula is C20H25N3O3S. The maximum Gasteiger partial charge on any atom is 0.232 e. The van der Waals surface area contributed by atoms with Crippen LogP contribution in [0, 0.1) is 0 Å². The summed E-state index contributed by atoms with van der Waals surface area (Å²) in [5.74, 6) is 0.867. The Balaban J connectivity index is 1.49. The third kappa shape index (κ3) is 3.41. The van der Waals surface area contributed by atoms with Gasteiger partial charge in [-0.25, -0.2) is 8.42 Å². The van der Waals surface area contributed by atoms with Crippen LogP contribution in [0.15, 0.2) is 42.6 Å². The van der Waals surface area contributed by atoms with Crippen molar-refractivity contribution in [2.24, 2.45) is 0 Å². The average molecular weight is 388 g/mol. The van der Waals surface area contributed by atoms with Gasteiger partial charge in [-0.15, -0.1) is 0 Å². The zero-order chi connectivity index (χ0) is 19.1. The molecule has 2 aromatic rings. The second-order valence-electron chi connectivity index (χ2n) is 7.55. The Hall–Kier alpha value is -2.12. The first-order valence-corrected chi connectivity index (χ1v) is 11.0. The first-order valence-electron chi connectivity index (χ1n) is 9.20. The minimum Gasteiger partial charge on any atom is -0.497 e. The minimum absolute atomic E-state index is 0.171. The molecule has 1 fully saturated rings. The zero-order valence-electron chi connectivity index (χ0n) is 15.8. The lowest BCUT2D eigenvalue weighted by Gasteiger charge is -2.39. The van der Waals surface area contributed by atoms with Gasteiger partial charge in [0.05, 0.1) is 24.7 Å². The standard InChI is InChI=1S/C20H25N3O3S/c1-26-17-7-5-16(6-8-17)14-22-12-9-20(10-13-22)15-23(27(2,24)25)18-4-3-11-21-19(18)20/h3-8,11H,9-10,12-15H2,1-2H3. The van der Waals surface area contributed by atoms with Crippen molar-refractivity contribution in [3.05, 3.63) is 53.9 Å². The number of hydrogen-bond donors (Lipinski definition) is 0. The lowest BCUT2D eigenvalue weighted by molar-refractivity contribution is 0.159. The van der Waals surface area contributed by atoms with E-state index in [0.717, 1.165) is 49.6 Å². The van der Waals surface area contributed by atoms with Crippen molar-refractivity contribution in [2.45, 2.75) is 24.8 Å². The molecular weight excluding hydrogens is 362 g/mol. The van der Waals surface area contributed by atoms with Gasteiger partial charge < -0.3 is 4.74 Å². The fourth-order valence-corrected chi connectivity index (χ4v) is 5.25. The number of likely N-dealkylation sites (tertiary alicyclic amines) is 1. The Morgan fingerprint density at radius 2 is 1.85 bits per heavy atom. The summed E-state index contributed by atoms with van der Waals surface area (Å²) >= 11 is 0. The Labute approximate surface area is 160 Å². The number of rotatable bonds is 4.